The third kappa shape index (κ3) is 5.13. The Balaban J connectivity index is 1.72. The lowest BCUT2D eigenvalue weighted by Gasteiger charge is -2.44. The van der Waals surface area contributed by atoms with Gasteiger partial charge in [0.1, 0.15) is 0 Å². The fourth-order valence-electron chi connectivity index (χ4n) is 7.03. The quantitative estimate of drug-likeness (QED) is 0.479. The Bertz CT molecular complexity index is 658. The van der Waals surface area contributed by atoms with Gasteiger partial charge in [0.2, 0.25) is 0 Å². The van der Waals surface area contributed by atoms with Gasteiger partial charge < -0.3 is 10.2 Å². The SMILES string of the molecule is C=C1/C(=C\C=C2/CCC[C@]3(C)[C@@H]([C@H](C)CCCC(C)C)CC[C@@H]23)C[C@@H](O)C[C@@H]1CO. The lowest BCUT2D eigenvalue weighted by molar-refractivity contribution is 0.0928. The Kier molecular flexibility index (Phi) is 8.07. The van der Waals surface area contributed by atoms with Crippen LogP contribution in [0.1, 0.15) is 91.9 Å². The number of rotatable bonds is 7. The molecule has 3 rings (SSSR count). The van der Waals surface area contributed by atoms with Gasteiger partial charge in [0.15, 0.2) is 0 Å². The third-order valence-electron chi connectivity index (χ3n) is 8.80. The van der Waals surface area contributed by atoms with Crippen molar-refractivity contribution < 1.29 is 10.2 Å². The maximum Gasteiger partial charge on any atom is 0.0587 e. The second-order valence-corrected chi connectivity index (χ2v) is 11.3. The van der Waals surface area contributed by atoms with Crippen molar-refractivity contribution >= 4 is 0 Å². The van der Waals surface area contributed by atoms with Gasteiger partial charge in [0, 0.05) is 5.92 Å². The minimum atomic E-state index is -0.350. The highest BCUT2D eigenvalue weighted by Gasteiger charge is 2.50. The molecule has 0 amide bonds. The van der Waals surface area contributed by atoms with Crippen LogP contribution in [0.3, 0.4) is 0 Å². The summed E-state index contributed by atoms with van der Waals surface area (Å²) in [7, 11) is 0. The molecular formula is C28H46O2. The summed E-state index contributed by atoms with van der Waals surface area (Å²) >= 11 is 0. The van der Waals surface area contributed by atoms with Crippen LogP contribution in [0.4, 0.5) is 0 Å². The molecule has 0 heterocycles. The first-order valence-electron chi connectivity index (χ1n) is 12.6. The maximum absolute atomic E-state index is 10.2. The predicted molar refractivity (Wildman–Crippen MR) is 127 cm³/mol. The van der Waals surface area contributed by atoms with Crippen LogP contribution in [0.15, 0.2) is 35.5 Å². The Hall–Kier alpha value is -0.860. The van der Waals surface area contributed by atoms with Crippen LogP contribution in [0.5, 0.6) is 0 Å². The molecule has 3 saturated carbocycles. The van der Waals surface area contributed by atoms with Crippen molar-refractivity contribution in [2.24, 2.45) is 35.0 Å². The van der Waals surface area contributed by atoms with Crippen LogP contribution in [0.25, 0.3) is 0 Å². The molecule has 2 heteroatoms. The van der Waals surface area contributed by atoms with Crippen molar-refractivity contribution in [1.29, 1.82) is 0 Å². The standard InChI is InChI=1S/C28H46O2/c1-19(2)8-6-9-20(3)26-13-14-27-22(10-7-15-28(26,27)5)11-12-23-16-25(30)17-24(18-29)21(23)4/h11-12,19-20,24-27,29-30H,4,6-10,13-18H2,1-3,5H3/b22-11+,23-12-/t20-,24-,25-,26-,27+,28-/m1/s1. The van der Waals surface area contributed by atoms with E-state index in [1.165, 1.54) is 51.4 Å². The maximum atomic E-state index is 10.2. The minimum Gasteiger partial charge on any atom is -0.396 e. The summed E-state index contributed by atoms with van der Waals surface area (Å²) in [6.07, 6.45) is 16.3. The van der Waals surface area contributed by atoms with Crippen LogP contribution < -0.4 is 0 Å². The van der Waals surface area contributed by atoms with Crippen molar-refractivity contribution in [3.63, 3.8) is 0 Å². The summed E-state index contributed by atoms with van der Waals surface area (Å²) in [6, 6.07) is 0. The van der Waals surface area contributed by atoms with Gasteiger partial charge in [-0.05, 0) is 85.2 Å². The van der Waals surface area contributed by atoms with Crippen LogP contribution in [0.2, 0.25) is 0 Å². The van der Waals surface area contributed by atoms with Gasteiger partial charge in [-0.25, -0.2) is 0 Å². The number of aliphatic hydroxyl groups is 2. The number of allylic oxidation sites excluding steroid dienone is 3. The number of hydrogen-bond donors (Lipinski definition) is 2. The normalized spacial score (nSPS) is 38.4. The highest BCUT2D eigenvalue weighted by Crippen LogP contribution is 2.60. The van der Waals surface area contributed by atoms with E-state index in [0.29, 0.717) is 18.3 Å². The second-order valence-electron chi connectivity index (χ2n) is 11.3. The van der Waals surface area contributed by atoms with E-state index in [0.717, 1.165) is 34.8 Å². The fourth-order valence-corrected chi connectivity index (χ4v) is 7.03. The van der Waals surface area contributed by atoms with E-state index >= 15 is 0 Å². The first-order chi connectivity index (χ1) is 14.3. The zero-order chi connectivity index (χ0) is 21.9. The first-order valence-corrected chi connectivity index (χ1v) is 12.6. The average molecular weight is 415 g/mol. The minimum absolute atomic E-state index is 0.0116. The van der Waals surface area contributed by atoms with Crippen molar-refractivity contribution in [2.45, 2.75) is 98.0 Å². The van der Waals surface area contributed by atoms with Crippen LogP contribution in [-0.2, 0) is 0 Å². The number of fused-ring (bicyclic) bond motifs is 1. The van der Waals surface area contributed by atoms with Gasteiger partial charge in [-0.15, -0.1) is 0 Å². The summed E-state index contributed by atoms with van der Waals surface area (Å²) < 4.78 is 0. The molecule has 3 aliphatic carbocycles. The van der Waals surface area contributed by atoms with E-state index in [1.54, 1.807) is 5.57 Å². The Labute approximate surface area is 185 Å². The molecule has 3 fully saturated rings. The van der Waals surface area contributed by atoms with Gasteiger partial charge in [-0.3, -0.25) is 0 Å². The Morgan fingerprint density at radius 2 is 1.93 bits per heavy atom. The van der Waals surface area contributed by atoms with Crippen LogP contribution >= 0.6 is 0 Å². The third-order valence-corrected chi connectivity index (χ3v) is 8.80. The summed E-state index contributed by atoms with van der Waals surface area (Å²) in [5.74, 6) is 3.24. The first kappa shape index (κ1) is 23.8. The molecular weight excluding hydrogens is 368 g/mol. The molecule has 170 valence electrons. The van der Waals surface area contributed by atoms with E-state index in [9.17, 15) is 10.2 Å². The molecule has 0 aliphatic heterocycles. The van der Waals surface area contributed by atoms with Crippen LogP contribution in [0, 0.1) is 35.0 Å². The summed E-state index contributed by atoms with van der Waals surface area (Å²) in [4.78, 5) is 0. The zero-order valence-corrected chi connectivity index (χ0v) is 20.0. The van der Waals surface area contributed by atoms with Gasteiger partial charge in [0.05, 0.1) is 12.7 Å². The largest absolute Gasteiger partial charge is 0.396 e. The monoisotopic (exact) mass is 414 g/mol. The molecule has 30 heavy (non-hydrogen) atoms. The van der Waals surface area contributed by atoms with Crippen molar-refractivity contribution in [3.8, 4) is 0 Å². The van der Waals surface area contributed by atoms with Gasteiger partial charge >= 0.3 is 0 Å². The zero-order valence-electron chi connectivity index (χ0n) is 20.0. The van der Waals surface area contributed by atoms with Crippen LogP contribution in [-0.4, -0.2) is 22.9 Å². The van der Waals surface area contributed by atoms with E-state index in [4.69, 9.17) is 0 Å². The van der Waals surface area contributed by atoms with Gasteiger partial charge in [-0.1, -0.05) is 71.3 Å². The molecule has 0 aromatic carbocycles. The smallest absolute Gasteiger partial charge is 0.0587 e. The number of hydrogen-bond acceptors (Lipinski definition) is 2. The number of aliphatic hydroxyl groups excluding tert-OH is 2. The Morgan fingerprint density at radius 1 is 1.17 bits per heavy atom. The molecule has 0 radical (unpaired) electrons. The highest BCUT2D eigenvalue weighted by atomic mass is 16.3. The second kappa shape index (κ2) is 10.2. The fraction of sp³-hybridized carbons (Fsp3) is 0.786. The van der Waals surface area contributed by atoms with Gasteiger partial charge in [0.25, 0.3) is 0 Å². The highest BCUT2D eigenvalue weighted by molar-refractivity contribution is 5.38. The molecule has 0 unspecified atom stereocenters. The molecule has 2 N–H and O–H groups in total. The summed E-state index contributed by atoms with van der Waals surface area (Å²) in [5.41, 5.74) is 4.25. The predicted octanol–water partition coefficient (Wildman–Crippen LogP) is 6.84. The lowest BCUT2D eigenvalue weighted by Crippen LogP contribution is -2.36. The van der Waals surface area contributed by atoms with Crippen molar-refractivity contribution in [3.05, 3.63) is 35.5 Å². The van der Waals surface area contributed by atoms with E-state index in [2.05, 4.69) is 46.4 Å². The van der Waals surface area contributed by atoms with E-state index < -0.39 is 0 Å². The topological polar surface area (TPSA) is 40.5 Å². The van der Waals surface area contributed by atoms with Crippen molar-refractivity contribution in [2.75, 3.05) is 6.61 Å². The molecule has 0 bridgehead atoms. The molecule has 0 saturated heterocycles. The summed E-state index contributed by atoms with van der Waals surface area (Å²) in [6.45, 7) is 14.1. The van der Waals surface area contributed by atoms with Crippen molar-refractivity contribution in [1.82, 2.24) is 0 Å². The molecule has 6 atom stereocenters. The Morgan fingerprint density at radius 3 is 2.63 bits per heavy atom. The molecule has 0 aromatic heterocycles. The van der Waals surface area contributed by atoms with Gasteiger partial charge in [-0.2, -0.15) is 0 Å². The van der Waals surface area contributed by atoms with E-state index in [-0.39, 0.29) is 18.6 Å². The molecule has 2 nitrogen and oxygen atoms in total. The molecule has 3 aliphatic rings. The average Bonchev–Trinajstić information content (AvgIpc) is 3.05. The van der Waals surface area contributed by atoms with E-state index in [1.807, 2.05) is 0 Å². The lowest BCUT2D eigenvalue weighted by atomic mass is 9.60. The molecule has 0 aromatic rings. The summed E-state index contributed by atoms with van der Waals surface area (Å²) in [5, 5.41) is 19.8. The molecule has 0 spiro atoms.